The molecule has 0 aromatic rings. The van der Waals surface area contributed by atoms with E-state index >= 15 is 0 Å². The Bertz CT molecular complexity index is 220. The van der Waals surface area contributed by atoms with E-state index in [1.807, 2.05) is 0 Å². The maximum absolute atomic E-state index is 11.4. The molecule has 0 fully saturated rings. The number of Topliss-reactive ketones (excluding diaryl/α,β-unsaturated/α-hetero) is 1. The highest BCUT2D eigenvalue weighted by Gasteiger charge is 2.16. The van der Waals surface area contributed by atoms with Crippen molar-refractivity contribution in [3.05, 3.63) is 0 Å². The molecule has 0 aromatic heterocycles. The number of nitriles is 1. The van der Waals surface area contributed by atoms with Gasteiger partial charge in [0, 0.05) is 7.11 Å². The Balaban J connectivity index is 3.56. The maximum Gasteiger partial charge on any atom is 0.175 e. The van der Waals surface area contributed by atoms with Crippen LogP contribution in [0.25, 0.3) is 0 Å². The summed E-state index contributed by atoms with van der Waals surface area (Å²) in [6, 6.07) is 2.06. The van der Waals surface area contributed by atoms with Crippen LogP contribution in [0, 0.1) is 17.2 Å². The largest absolute Gasteiger partial charge is 0.377 e. The van der Waals surface area contributed by atoms with Crippen molar-refractivity contribution in [1.82, 2.24) is 0 Å². The van der Waals surface area contributed by atoms with Crippen LogP contribution < -0.4 is 0 Å². The standard InChI is InChI=1S/C13H23NO2/c1-3-4-5-6-7-8-9-12(10-14)13(15)11-16-2/h12H,3-9,11H2,1-2H3. The Hall–Kier alpha value is -0.880. The van der Waals surface area contributed by atoms with E-state index in [1.54, 1.807) is 0 Å². The minimum Gasteiger partial charge on any atom is -0.377 e. The summed E-state index contributed by atoms with van der Waals surface area (Å²) in [5.41, 5.74) is 0. The lowest BCUT2D eigenvalue weighted by atomic mass is 9.98. The van der Waals surface area contributed by atoms with Crippen LogP contribution in [-0.2, 0) is 9.53 Å². The molecule has 3 nitrogen and oxygen atoms in total. The normalized spacial score (nSPS) is 12.1. The Kier molecular flexibility index (Phi) is 10.0. The molecule has 0 aliphatic rings. The quantitative estimate of drug-likeness (QED) is 0.537. The second-order valence-electron chi connectivity index (χ2n) is 4.14. The highest BCUT2D eigenvalue weighted by atomic mass is 16.5. The molecule has 1 unspecified atom stereocenters. The number of rotatable bonds is 10. The highest BCUT2D eigenvalue weighted by molar-refractivity contribution is 5.84. The molecule has 92 valence electrons. The average Bonchev–Trinajstić information content (AvgIpc) is 2.28. The molecule has 0 spiro atoms. The molecule has 0 radical (unpaired) electrons. The number of ether oxygens (including phenoxy) is 1. The van der Waals surface area contributed by atoms with Gasteiger partial charge in [-0.25, -0.2) is 0 Å². The van der Waals surface area contributed by atoms with Gasteiger partial charge < -0.3 is 4.74 Å². The third kappa shape index (κ3) is 7.42. The Morgan fingerprint density at radius 2 is 1.88 bits per heavy atom. The first-order valence-corrected chi connectivity index (χ1v) is 6.17. The summed E-state index contributed by atoms with van der Waals surface area (Å²) in [6.45, 7) is 2.25. The van der Waals surface area contributed by atoms with Crippen LogP contribution >= 0.6 is 0 Å². The van der Waals surface area contributed by atoms with E-state index in [0.717, 1.165) is 12.8 Å². The summed E-state index contributed by atoms with van der Waals surface area (Å²) in [7, 11) is 1.48. The summed E-state index contributed by atoms with van der Waals surface area (Å²) in [6.07, 6.45) is 7.78. The van der Waals surface area contributed by atoms with Crippen LogP contribution in [0.4, 0.5) is 0 Å². The van der Waals surface area contributed by atoms with Crippen molar-refractivity contribution in [3.8, 4) is 6.07 Å². The number of carbonyl (C=O) groups excluding carboxylic acids is 1. The zero-order chi connectivity index (χ0) is 12.2. The fourth-order valence-electron chi connectivity index (χ4n) is 1.67. The monoisotopic (exact) mass is 225 g/mol. The van der Waals surface area contributed by atoms with E-state index in [0.29, 0.717) is 6.42 Å². The van der Waals surface area contributed by atoms with Crippen molar-refractivity contribution in [2.45, 2.75) is 51.9 Å². The van der Waals surface area contributed by atoms with Gasteiger partial charge in [0.1, 0.15) is 12.5 Å². The molecule has 0 amide bonds. The van der Waals surface area contributed by atoms with E-state index in [1.165, 1.54) is 32.8 Å². The summed E-state index contributed by atoms with van der Waals surface area (Å²) >= 11 is 0. The van der Waals surface area contributed by atoms with Gasteiger partial charge in [-0.15, -0.1) is 0 Å². The first kappa shape index (κ1) is 15.1. The third-order valence-corrected chi connectivity index (χ3v) is 2.68. The summed E-state index contributed by atoms with van der Waals surface area (Å²) in [5.74, 6) is -0.551. The van der Waals surface area contributed by atoms with Crippen molar-refractivity contribution < 1.29 is 9.53 Å². The van der Waals surface area contributed by atoms with Crippen LogP contribution in [0.5, 0.6) is 0 Å². The Labute approximate surface area is 98.8 Å². The van der Waals surface area contributed by atoms with Gasteiger partial charge >= 0.3 is 0 Å². The lowest BCUT2D eigenvalue weighted by Crippen LogP contribution is -2.17. The number of hydrogen-bond acceptors (Lipinski definition) is 3. The van der Waals surface area contributed by atoms with Crippen molar-refractivity contribution in [1.29, 1.82) is 5.26 Å². The van der Waals surface area contributed by atoms with Gasteiger partial charge in [-0.05, 0) is 6.42 Å². The van der Waals surface area contributed by atoms with Gasteiger partial charge in [-0.3, -0.25) is 4.79 Å². The SMILES string of the molecule is CCCCCCCCC(C#N)C(=O)COC. The van der Waals surface area contributed by atoms with Gasteiger partial charge in [0.05, 0.1) is 6.07 Å². The van der Waals surface area contributed by atoms with Gasteiger partial charge in [0.15, 0.2) is 5.78 Å². The topological polar surface area (TPSA) is 50.1 Å². The third-order valence-electron chi connectivity index (χ3n) is 2.68. The fraction of sp³-hybridized carbons (Fsp3) is 0.846. The molecular weight excluding hydrogens is 202 g/mol. The molecule has 0 aromatic carbocycles. The minimum atomic E-state index is -0.467. The molecule has 0 rings (SSSR count). The lowest BCUT2D eigenvalue weighted by Gasteiger charge is -2.06. The maximum atomic E-state index is 11.4. The van der Waals surface area contributed by atoms with Gasteiger partial charge in [-0.2, -0.15) is 5.26 Å². The van der Waals surface area contributed by atoms with Gasteiger partial charge in [-0.1, -0.05) is 45.4 Å². The van der Waals surface area contributed by atoms with Crippen LogP contribution in [0.1, 0.15) is 51.9 Å². The molecule has 0 aliphatic heterocycles. The van der Waals surface area contributed by atoms with E-state index in [4.69, 9.17) is 10.00 Å². The molecule has 0 saturated heterocycles. The summed E-state index contributed by atoms with van der Waals surface area (Å²) in [5, 5.41) is 8.84. The number of ketones is 1. The first-order chi connectivity index (χ1) is 7.76. The van der Waals surface area contributed by atoms with E-state index in [2.05, 4.69) is 13.0 Å². The predicted octanol–water partition coefficient (Wildman–Crippen LogP) is 3.09. The molecule has 0 aliphatic carbocycles. The van der Waals surface area contributed by atoms with Crippen molar-refractivity contribution in [2.24, 2.45) is 5.92 Å². The summed E-state index contributed by atoms with van der Waals surface area (Å²) < 4.78 is 4.75. The van der Waals surface area contributed by atoms with Gasteiger partial charge in [0.2, 0.25) is 0 Å². The first-order valence-electron chi connectivity index (χ1n) is 6.17. The zero-order valence-corrected chi connectivity index (χ0v) is 10.5. The minimum absolute atomic E-state index is 0.0636. The second-order valence-corrected chi connectivity index (χ2v) is 4.14. The van der Waals surface area contributed by atoms with E-state index in [9.17, 15) is 4.79 Å². The smallest absolute Gasteiger partial charge is 0.175 e. The number of methoxy groups -OCH3 is 1. The van der Waals surface area contributed by atoms with Gasteiger partial charge in [0.25, 0.3) is 0 Å². The van der Waals surface area contributed by atoms with Crippen LogP contribution in [0.3, 0.4) is 0 Å². The molecule has 0 saturated carbocycles. The predicted molar refractivity (Wildman–Crippen MR) is 64.0 cm³/mol. The van der Waals surface area contributed by atoms with Crippen molar-refractivity contribution in [2.75, 3.05) is 13.7 Å². The molecule has 0 heterocycles. The van der Waals surface area contributed by atoms with Crippen LogP contribution in [0.2, 0.25) is 0 Å². The van der Waals surface area contributed by atoms with Crippen molar-refractivity contribution in [3.63, 3.8) is 0 Å². The number of hydrogen-bond donors (Lipinski definition) is 0. The Morgan fingerprint density at radius 1 is 1.25 bits per heavy atom. The average molecular weight is 225 g/mol. The van der Waals surface area contributed by atoms with E-state index < -0.39 is 5.92 Å². The Morgan fingerprint density at radius 3 is 2.44 bits per heavy atom. The number of carbonyl (C=O) groups is 1. The highest BCUT2D eigenvalue weighted by Crippen LogP contribution is 2.12. The number of nitrogens with zero attached hydrogens (tertiary/aromatic N) is 1. The lowest BCUT2D eigenvalue weighted by molar-refractivity contribution is -0.125. The van der Waals surface area contributed by atoms with E-state index in [-0.39, 0.29) is 12.4 Å². The molecule has 16 heavy (non-hydrogen) atoms. The fourth-order valence-corrected chi connectivity index (χ4v) is 1.67. The molecule has 0 bridgehead atoms. The second kappa shape index (κ2) is 10.6. The number of unbranched alkanes of at least 4 members (excludes halogenated alkanes) is 5. The van der Waals surface area contributed by atoms with Crippen molar-refractivity contribution >= 4 is 5.78 Å². The molecule has 1 atom stereocenters. The molecule has 0 N–H and O–H groups in total. The van der Waals surface area contributed by atoms with Crippen LogP contribution in [-0.4, -0.2) is 19.5 Å². The molecular formula is C13H23NO2. The summed E-state index contributed by atoms with van der Waals surface area (Å²) in [4.78, 5) is 11.4. The van der Waals surface area contributed by atoms with Crippen LogP contribution in [0.15, 0.2) is 0 Å². The molecule has 3 heteroatoms. The zero-order valence-electron chi connectivity index (χ0n) is 10.5.